The Labute approximate surface area is 139 Å². The molecule has 4 saturated heterocycles. The Bertz CT molecular complexity index is 578. The molecule has 0 aromatic carbocycles. The molecule has 0 unspecified atom stereocenters. The van der Waals surface area contributed by atoms with Crippen LogP contribution in [0, 0.1) is 5.41 Å². The van der Waals surface area contributed by atoms with Gasteiger partial charge in [0.2, 0.25) is 5.91 Å². The van der Waals surface area contributed by atoms with Gasteiger partial charge in [-0.3, -0.25) is 9.69 Å². The molecule has 6 nitrogen and oxygen atoms in total. The van der Waals surface area contributed by atoms with E-state index in [0.717, 1.165) is 61.3 Å². The zero-order valence-electron chi connectivity index (χ0n) is 13.2. The molecule has 5 aliphatic heterocycles. The summed E-state index contributed by atoms with van der Waals surface area (Å²) >= 11 is 1.69. The molecular weight excluding hydrogens is 316 g/mol. The molecule has 0 radical (unpaired) electrons. The normalized spacial score (nSPS) is 39.3. The minimum Gasteiger partial charge on any atom is -0.477 e. The molecule has 5 aliphatic rings. The minimum atomic E-state index is -0.963. The number of aliphatic hydroxyl groups excluding tert-OH is 1. The third-order valence-electron chi connectivity index (χ3n) is 6.35. The number of carboxylic acid groups (broad SMARTS) is 1. The monoisotopic (exact) mass is 339 g/mol. The lowest BCUT2D eigenvalue weighted by atomic mass is 9.71. The summed E-state index contributed by atoms with van der Waals surface area (Å²) in [7, 11) is 0. The number of fused-ring (bicyclic) bond motifs is 4. The SMILES string of the molecule is O=C(O)C1=C(C[N+]23CCC(CO)(CC2)CC3)CS[C@H]2CC(=O)N12. The van der Waals surface area contributed by atoms with Crippen molar-refractivity contribution in [3.8, 4) is 0 Å². The van der Waals surface area contributed by atoms with Crippen molar-refractivity contribution in [1.82, 2.24) is 4.90 Å². The second-order valence-corrected chi connectivity index (χ2v) is 8.74. The average molecular weight is 339 g/mol. The lowest BCUT2D eigenvalue weighted by Crippen LogP contribution is -2.64. The first kappa shape index (κ1) is 15.5. The Balaban J connectivity index is 1.59. The van der Waals surface area contributed by atoms with Gasteiger partial charge in [-0.1, -0.05) is 0 Å². The van der Waals surface area contributed by atoms with Crippen LogP contribution in [0.4, 0.5) is 0 Å². The standard InChI is InChI=1S/C16H22N2O4S/c19-10-16-1-4-18(5-2-16,6-3-16)8-11-9-23-13-7-12(20)17(13)14(11)15(21)22/h13,19H,1-10H2/p+1/t13-,16?,18?/m0/s1. The topological polar surface area (TPSA) is 77.8 Å². The maximum absolute atomic E-state index is 11.8. The fourth-order valence-electron chi connectivity index (χ4n) is 4.61. The molecule has 0 aliphatic carbocycles. The van der Waals surface area contributed by atoms with Gasteiger partial charge >= 0.3 is 5.97 Å². The van der Waals surface area contributed by atoms with Crippen LogP contribution in [0.15, 0.2) is 11.3 Å². The van der Waals surface area contributed by atoms with Gasteiger partial charge in [0.1, 0.15) is 12.2 Å². The summed E-state index contributed by atoms with van der Waals surface area (Å²) in [6.07, 6.45) is 3.54. The van der Waals surface area contributed by atoms with Gasteiger partial charge in [0, 0.05) is 42.6 Å². The minimum absolute atomic E-state index is 0.0297. The van der Waals surface area contributed by atoms with Gasteiger partial charge in [0.15, 0.2) is 0 Å². The van der Waals surface area contributed by atoms with Crippen molar-refractivity contribution in [2.45, 2.75) is 31.1 Å². The van der Waals surface area contributed by atoms with Gasteiger partial charge in [-0.05, 0) is 0 Å². The molecular formula is C16H23N2O4S+. The van der Waals surface area contributed by atoms with E-state index in [1.807, 2.05) is 0 Å². The van der Waals surface area contributed by atoms with Gasteiger partial charge in [-0.2, -0.15) is 0 Å². The van der Waals surface area contributed by atoms with Crippen molar-refractivity contribution in [1.29, 1.82) is 0 Å². The first-order valence-electron chi connectivity index (χ1n) is 8.33. The highest BCUT2D eigenvalue weighted by Gasteiger charge is 2.51. The molecule has 7 heteroatoms. The Kier molecular flexibility index (Phi) is 3.52. The van der Waals surface area contributed by atoms with Crippen LogP contribution in [0.5, 0.6) is 0 Å². The zero-order valence-corrected chi connectivity index (χ0v) is 14.0. The molecule has 5 heterocycles. The molecule has 23 heavy (non-hydrogen) atoms. The molecule has 0 aromatic rings. The number of carboxylic acids is 1. The van der Waals surface area contributed by atoms with Crippen molar-refractivity contribution in [3.05, 3.63) is 11.3 Å². The molecule has 5 rings (SSSR count). The molecule has 0 spiro atoms. The van der Waals surface area contributed by atoms with E-state index in [1.54, 1.807) is 11.8 Å². The van der Waals surface area contributed by atoms with E-state index in [4.69, 9.17) is 0 Å². The van der Waals surface area contributed by atoms with Crippen LogP contribution in [-0.4, -0.2) is 75.4 Å². The van der Waals surface area contributed by atoms with Crippen LogP contribution < -0.4 is 0 Å². The lowest BCUT2D eigenvalue weighted by Gasteiger charge is -2.55. The third-order valence-corrected chi connectivity index (χ3v) is 7.62. The third kappa shape index (κ3) is 2.32. The Hall–Kier alpha value is -1.05. The number of amides is 1. The van der Waals surface area contributed by atoms with Gasteiger partial charge in [-0.25, -0.2) is 4.79 Å². The Morgan fingerprint density at radius 1 is 1.30 bits per heavy atom. The summed E-state index contributed by atoms with van der Waals surface area (Å²) in [4.78, 5) is 25.1. The number of aliphatic hydroxyl groups is 1. The van der Waals surface area contributed by atoms with Crippen LogP contribution in [0.1, 0.15) is 25.7 Å². The highest BCUT2D eigenvalue weighted by molar-refractivity contribution is 8.00. The molecule has 0 saturated carbocycles. The van der Waals surface area contributed by atoms with Crippen molar-refractivity contribution in [2.24, 2.45) is 5.41 Å². The zero-order chi connectivity index (χ0) is 16.2. The van der Waals surface area contributed by atoms with Crippen molar-refractivity contribution in [3.63, 3.8) is 0 Å². The smallest absolute Gasteiger partial charge is 0.352 e. The summed E-state index contributed by atoms with van der Waals surface area (Å²) in [5.74, 6) is -0.301. The van der Waals surface area contributed by atoms with Gasteiger partial charge < -0.3 is 14.7 Å². The molecule has 4 fully saturated rings. The highest BCUT2D eigenvalue weighted by Crippen LogP contribution is 2.46. The number of β-lactam (4-membered cyclic amide) rings is 1. The number of hydrogen-bond acceptors (Lipinski definition) is 4. The fourth-order valence-corrected chi connectivity index (χ4v) is 5.87. The number of hydrogen-bond donors (Lipinski definition) is 2. The van der Waals surface area contributed by atoms with Crippen LogP contribution in [-0.2, 0) is 9.59 Å². The summed E-state index contributed by atoms with van der Waals surface area (Å²) in [5.41, 5.74) is 1.29. The molecule has 126 valence electrons. The summed E-state index contributed by atoms with van der Waals surface area (Å²) in [6, 6.07) is 0. The molecule has 0 aromatic heterocycles. The number of carbonyl (C=O) groups excluding carboxylic acids is 1. The second-order valence-electron chi connectivity index (χ2n) is 7.57. The van der Waals surface area contributed by atoms with E-state index in [1.165, 1.54) is 4.90 Å². The van der Waals surface area contributed by atoms with Crippen molar-refractivity contribution in [2.75, 3.05) is 38.5 Å². The summed E-state index contributed by atoms with van der Waals surface area (Å²) in [6.45, 7) is 4.06. The van der Waals surface area contributed by atoms with E-state index in [0.29, 0.717) is 6.42 Å². The van der Waals surface area contributed by atoms with Crippen LogP contribution >= 0.6 is 11.8 Å². The summed E-state index contributed by atoms with van der Waals surface area (Å²) < 4.78 is 0.932. The predicted octanol–water partition coefficient (Wildman–Crippen LogP) is 0.623. The van der Waals surface area contributed by atoms with Crippen molar-refractivity contribution < 1.29 is 24.3 Å². The van der Waals surface area contributed by atoms with Crippen LogP contribution in [0.2, 0.25) is 0 Å². The highest BCUT2D eigenvalue weighted by atomic mass is 32.2. The van der Waals surface area contributed by atoms with Gasteiger partial charge in [0.25, 0.3) is 0 Å². The number of nitrogens with zero attached hydrogens (tertiary/aromatic N) is 2. The van der Waals surface area contributed by atoms with E-state index >= 15 is 0 Å². The Morgan fingerprint density at radius 3 is 2.48 bits per heavy atom. The van der Waals surface area contributed by atoms with Crippen LogP contribution in [0.25, 0.3) is 0 Å². The molecule has 1 atom stereocenters. The number of thioether (sulfide) groups is 1. The first-order valence-corrected chi connectivity index (χ1v) is 9.37. The average Bonchev–Trinajstić information content (AvgIpc) is 2.56. The van der Waals surface area contributed by atoms with Gasteiger partial charge in [0.05, 0.1) is 31.4 Å². The van der Waals surface area contributed by atoms with E-state index in [-0.39, 0.29) is 29.0 Å². The number of piperidine rings is 3. The summed E-state index contributed by atoms with van der Waals surface area (Å²) in [5, 5.41) is 19.3. The van der Waals surface area contributed by atoms with E-state index in [2.05, 4.69) is 0 Å². The quantitative estimate of drug-likeness (QED) is 0.580. The predicted molar refractivity (Wildman–Crippen MR) is 85.5 cm³/mol. The largest absolute Gasteiger partial charge is 0.477 e. The van der Waals surface area contributed by atoms with Crippen LogP contribution in [0.3, 0.4) is 0 Å². The van der Waals surface area contributed by atoms with Gasteiger partial charge in [-0.15, -0.1) is 11.8 Å². The molecule has 1 amide bonds. The molecule has 2 N–H and O–H groups in total. The van der Waals surface area contributed by atoms with Crippen molar-refractivity contribution >= 4 is 23.6 Å². The number of rotatable bonds is 4. The number of quaternary nitrogens is 1. The number of carbonyl (C=O) groups is 2. The Morgan fingerprint density at radius 2 is 1.96 bits per heavy atom. The second kappa shape index (κ2) is 5.22. The lowest BCUT2D eigenvalue weighted by molar-refractivity contribution is -0.941. The maximum atomic E-state index is 11.8. The first-order chi connectivity index (χ1) is 11.0. The van der Waals surface area contributed by atoms with E-state index < -0.39 is 5.97 Å². The fraction of sp³-hybridized carbons (Fsp3) is 0.750. The van der Waals surface area contributed by atoms with E-state index in [9.17, 15) is 19.8 Å². The molecule has 2 bridgehead atoms. The number of aliphatic carboxylic acids is 1. The maximum Gasteiger partial charge on any atom is 0.352 e.